The first kappa shape index (κ1) is 25.3. The van der Waals surface area contributed by atoms with Gasteiger partial charge in [-0.1, -0.05) is 53.7 Å². The van der Waals surface area contributed by atoms with Crippen molar-refractivity contribution in [2.75, 3.05) is 33.5 Å². The first-order chi connectivity index (χ1) is 17.6. The van der Waals surface area contributed by atoms with E-state index in [-0.39, 0.29) is 5.92 Å². The van der Waals surface area contributed by atoms with Crippen LogP contribution in [0.5, 0.6) is 5.75 Å². The molecule has 36 heavy (non-hydrogen) atoms. The number of ether oxygens (including phenoxy) is 4. The van der Waals surface area contributed by atoms with E-state index in [1.165, 1.54) is 7.11 Å². The number of benzene rings is 2. The highest BCUT2D eigenvalue weighted by Gasteiger charge is 2.41. The van der Waals surface area contributed by atoms with Crippen LogP contribution >= 0.6 is 0 Å². The molecule has 8 heteroatoms. The van der Waals surface area contributed by atoms with E-state index in [9.17, 15) is 4.79 Å². The zero-order valence-corrected chi connectivity index (χ0v) is 20.5. The van der Waals surface area contributed by atoms with E-state index in [4.69, 9.17) is 23.8 Å². The van der Waals surface area contributed by atoms with Gasteiger partial charge in [0.25, 0.3) is 5.79 Å². The van der Waals surface area contributed by atoms with Gasteiger partial charge in [-0.05, 0) is 36.2 Å². The predicted molar refractivity (Wildman–Crippen MR) is 134 cm³/mol. The van der Waals surface area contributed by atoms with Crippen LogP contribution in [0.15, 0.2) is 84.1 Å². The molecule has 8 nitrogen and oxygen atoms in total. The van der Waals surface area contributed by atoms with Gasteiger partial charge >= 0.3 is 5.97 Å². The van der Waals surface area contributed by atoms with Crippen LogP contribution in [0.3, 0.4) is 0 Å². The molecule has 0 atom stereocenters. The van der Waals surface area contributed by atoms with Crippen molar-refractivity contribution in [2.24, 2.45) is 11.1 Å². The van der Waals surface area contributed by atoms with Gasteiger partial charge in [-0.3, -0.25) is 4.98 Å². The maximum atomic E-state index is 11.8. The van der Waals surface area contributed by atoms with E-state index in [0.29, 0.717) is 32.1 Å². The van der Waals surface area contributed by atoms with Crippen LogP contribution in [-0.2, 0) is 30.3 Å². The second-order valence-electron chi connectivity index (χ2n) is 8.48. The van der Waals surface area contributed by atoms with Crippen molar-refractivity contribution in [3.8, 4) is 5.75 Å². The van der Waals surface area contributed by atoms with Gasteiger partial charge in [0.05, 0.1) is 26.0 Å². The largest absolute Gasteiger partial charge is 0.490 e. The number of hydrogen-bond donors (Lipinski definition) is 0. The number of methoxy groups -OCH3 is 1. The maximum Gasteiger partial charge on any atom is 0.366 e. The number of esters is 1. The van der Waals surface area contributed by atoms with Crippen LogP contribution < -0.4 is 4.74 Å². The van der Waals surface area contributed by atoms with Crippen LogP contribution in [0.1, 0.15) is 23.7 Å². The van der Waals surface area contributed by atoms with Crippen molar-refractivity contribution in [2.45, 2.75) is 19.1 Å². The molecule has 0 saturated carbocycles. The summed E-state index contributed by atoms with van der Waals surface area (Å²) in [7, 11) is 1.32. The number of pyridine rings is 1. The number of oxime groups is 1. The highest BCUT2D eigenvalue weighted by atomic mass is 16.7. The van der Waals surface area contributed by atoms with E-state index in [1.807, 2.05) is 72.8 Å². The second kappa shape index (κ2) is 12.3. The lowest BCUT2D eigenvalue weighted by atomic mass is 9.99. The molecule has 1 fully saturated rings. The first-order valence-electron chi connectivity index (χ1n) is 11.8. The lowest BCUT2D eigenvalue weighted by molar-refractivity contribution is -0.272. The van der Waals surface area contributed by atoms with Gasteiger partial charge in [-0.25, -0.2) is 4.79 Å². The molecule has 0 aliphatic carbocycles. The van der Waals surface area contributed by atoms with Gasteiger partial charge in [0, 0.05) is 24.6 Å². The summed E-state index contributed by atoms with van der Waals surface area (Å²) in [6.07, 6.45) is 2.50. The van der Waals surface area contributed by atoms with Crippen molar-refractivity contribution in [1.29, 1.82) is 0 Å². The summed E-state index contributed by atoms with van der Waals surface area (Å²) in [5, 5.41) is 4.32. The minimum atomic E-state index is -1.32. The van der Waals surface area contributed by atoms with E-state index in [1.54, 1.807) is 13.1 Å². The molecule has 0 spiro atoms. The number of carbonyl (C=O) groups is 1. The van der Waals surface area contributed by atoms with Crippen molar-refractivity contribution in [3.05, 3.63) is 95.8 Å². The number of hydrogen-bond acceptors (Lipinski definition) is 8. The molecule has 1 aliphatic rings. The van der Waals surface area contributed by atoms with Crippen LogP contribution in [0.4, 0.5) is 0 Å². The van der Waals surface area contributed by atoms with E-state index in [2.05, 4.69) is 10.1 Å². The molecule has 2 heterocycles. The van der Waals surface area contributed by atoms with Crippen LogP contribution in [0, 0.1) is 5.92 Å². The third kappa shape index (κ3) is 6.68. The van der Waals surface area contributed by atoms with E-state index < -0.39 is 11.8 Å². The molecule has 1 saturated heterocycles. The molecule has 0 N–H and O–H groups in total. The molecule has 2 aromatic carbocycles. The summed E-state index contributed by atoms with van der Waals surface area (Å²) in [4.78, 5) is 21.7. The normalized spacial score (nSPS) is 19.9. The second-order valence-corrected chi connectivity index (χ2v) is 8.48. The van der Waals surface area contributed by atoms with E-state index >= 15 is 0 Å². The molecule has 188 valence electrons. The lowest BCUT2D eigenvalue weighted by Crippen LogP contribution is -2.48. The topological polar surface area (TPSA) is 88.5 Å². The SMILES string of the molecule is COC(=O)[C@]1(C)OC[C@@H](Cc2ccc(OCCO/N=C(\c3ccccc3)c3ccccn3)cc2)CO1. The Morgan fingerprint density at radius 3 is 2.39 bits per heavy atom. The molecular formula is C28H30N2O6. The Hall–Kier alpha value is -3.75. The fourth-order valence-corrected chi connectivity index (χ4v) is 3.77. The fourth-order valence-electron chi connectivity index (χ4n) is 3.77. The third-order valence-corrected chi connectivity index (χ3v) is 5.75. The smallest absolute Gasteiger partial charge is 0.366 e. The van der Waals surface area contributed by atoms with Crippen LogP contribution in [0.2, 0.25) is 0 Å². The molecule has 3 aromatic rings. The first-order valence-corrected chi connectivity index (χ1v) is 11.8. The zero-order chi connectivity index (χ0) is 25.2. The van der Waals surface area contributed by atoms with Gasteiger partial charge in [-0.15, -0.1) is 0 Å². The van der Waals surface area contributed by atoms with Crippen LogP contribution in [0.25, 0.3) is 0 Å². The van der Waals surface area contributed by atoms with Crippen LogP contribution in [-0.4, -0.2) is 56.0 Å². The van der Waals surface area contributed by atoms with Gasteiger partial charge in [-0.2, -0.15) is 0 Å². The quantitative estimate of drug-likeness (QED) is 0.184. The minimum absolute atomic E-state index is 0.152. The Bertz CT molecular complexity index is 1090. The standard InChI is InChI=1S/C28H30N2O6/c1-28(27(31)32-2)34-19-22(20-35-28)18-21-11-13-24(14-12-21)33-16-17-36-30-26(23-8-4-3-5-9-23)25-10-6-7-15-29-25/h3-15,22H,16-20H2,1-2H3/b30-26+/t22-,28-. The average molecular weight is 491 g/mol. The van der Waals surface area contributed by atoms with Crippen molar-refractivity contribution in [3.63, 3.8) is 0 Å². The summed E-state index contributed by atoms with van der Waals surface area (Å²) in [5.74, 6) is -0.952. The highest BCUT2D eigenvalue weighted by Crippen LogP contribution is 2.25. The predicted octanol–water partition coefficient (Wildman–Crippen LogP) is 4.02. The van der Waals surface area contributed by atoms with Crippen molar-refractivity contribution >= 4 is 11.7 Å². The van der Waals surface area contributed by atoms with E-state index in [0.717, 1.165) is 29.0 Å². The van der Waals surface area contributed by atoms with Crippen molar-refractivity contribution in [1.82, 2.24) is 4.98 Å². The Labute approximate surface area is 210 Å². The molecular weight excluding hydrogens is 460 g/mol. The Balaban J connectivity index is 1.24. The summed E-state index contributed by atoms with van der Waals surface area (Å²) in [6.45, 7) is 3.07. The molecule has 4 rings (SSSR count). The molecule has 0 radical (unpaired) electrons. The average Bonchev–Trinajstić information content (AvgIpc) is 2.93. The van der Waals surface area contributed by atoms with Gasteiger partial charge in [0.15, 0.2) is 6.61 Å². The molecule has 0 bridgehead atoms. The molecule has 0 unspecified atom stereocenters. The van der Waals surface area contributed by atoms with Gasteiger partial charge in [0.2, 0.25) is 0 Å². The third-order valence-electron chi connectivity index (χ3n) is 5.75. The summed E-state index contributed by atoms with van der Waals surface area (Å²) in [5.41, 5.74) is 3.47. The zero-order valence-electron chi connectivity index (χ0n) is 20.5. The number of aromatic nitrogens is 1. The molecule has 0 amide bonds. The van der Waals surface area contributed by atoms with Crippen molar-refractivity contribution < 1.29 is 28.6 Å². The number of carbonyl (C=O) groups excluding carboxylic acids is 1. The summed E-state index contributed by atoms with van der Waals surface area (Å²) in [6, 6.07) is 23.3. The summed E-state index contributed by atoms with van der Waals surface area (Å²) < 4.78 is 21.8. The molecule has 1 aliphatic heterocycles. The van der Waals surface area contributed by atoms with Gasteiger partial charge < -0.3 is 23.8 Å². The molecule has 1 aromatic heterocycles. The Kier molecular flexibility index (Phi) is 8.65. The Morgan fingerprint density at radius 2 is 1.72 bits per heavy atom. The highest BCUT2D eigenvalue weighted by molar-refractivity contribution is 6.11. The minimum Gasteiger partial charge on any atom is -0.490 e. The summed E-state index contributed by atoms with van der Waals surface area (Å²) >= 11 is 0. The lowest BCUT2D eigenvalue weighted by Gasteiger charge is -2.35. The number of rotatable bonds is 10. The maximum absolute atomic E-state index is 11.8. The fraction of sp³-hybridized carbons (Fsp3) is 0.321. The van der Waals surface area contributed by atoms with Gasteiger partial charge in [0.1, 0.15) is 18.1 Å². The monoisotopic (exact) mass is 490 g/mol. The number of nitrogens with zero attached hydrogens (tertiary/aromatic N) is 2. The Morgan fingerprint density at radius 1 is 1.00 bits per heavy atom.